The van der Waals surface area contributed by atoms with E-state index in [1.807, 2.05) is 37.3 Å². The van der Waals surface area contributed by atoms with Gasteiger partial charge in [0.2, 0.25) is 0 Å². The lowest BCUT2D eigenvalue weighted by atomic mass is 10.2. The van der Waals surface area contributed by atoms with E-state index < -0.39 is 0 Å². The number of nitrogens with zero attached hydrogens (tertiary/aromatic N) is 2. The molecule has 4 aromatic rings. The Balaban J connectivity index is 1.54. The first kappa shape index (κ1) is 20.2. The summed E-state index contributed by atoms with van der Waals surface area (Å²) >= 11 is 3.01. The summed E-state index contributed by atoms with van der Waals surface area (Å²) in [6, 6.07) is 16.2. The minimum atomic E-state index is -0.243. The summed E-state index contributed by atoms with van der Waals surface area (Å²) < 4.78 is 6.85. The molecule has 1 amide bonds. The molecule has 0 radical (unpaired) electrons. The molecule has 1 N–H and O–H groups in total. The molecular formula is C22H19N3O3S2. The minimum Gasteiger partial charge on any atom is -0.496 e. The Kier molecular flexibility index (Phi) is 5.87. The summed E-state index contributed by atoms with van der Waals surface area (Å²) in [5.74, 6) is 0.793. The average molecular weight is 438 g/mol. The van der Waals surface area contributed by atoms with Crippen molar-refractivity contribution in [2.24, 2.45) is 0 Å². The number of nitrogens with one attached hydrogen (secondary N) is 1. The van der Waals surface area contributed by atoms with Gasteiger partial charge in [0.25, 0.3) is 11.5 Å². The smallest absolute Gasteiger partial charge is 0.259 e. The van der Waals surface area contributed by atoms with Crippen LogP contribution in [0.3, 0.4) is 0 Å². The molecule has 0 saturated carbocycles. The van der Waals surface area contributed by atoms with Crippen LogP contribution in [0.25, 0.3) is 4.96 Å². The van der Waals surface area contributed by atoms with Gasteiger partial charge < -0.3 is 10.1 Å². The number of ether oxygens (including phenoxy) is 1. The number of anilines is 1. The molecule has 0 aliphatic carbocycles. The molecule has 0 saturated heterocycles. The SMILES string of the molecule is COc1ccccc1C(=O)Nc1ccccc1SCc1cc(=O)n2cc(C)sc2n1. The molecule has 0 unspecified atom stereocenters. The third-order valence-electron chi connectivity index (χ3n) is 4.40. The van der Waals surface area contributed by atoms with Gasteiger partial charge in [0.05, 0.1) is 24.1 Å². The van der Waals surface area contributed by atoms with E-state index in [4.69, 9.17) is 4.74 Å². The molecule has 4 rings (SSSR count). The fraction of sp³-hybridized carbons (Fsp3) is 0.136. The van der Waals surface area contributed by atoms with Crippen molar-refractivity contribution in [2.45, 2.75) is 17.6 Å². The number of amides is 1. The number of para-hydroxylation sites is 2. The van der Waals surface area contributed by atoms with E-state index in [9.17, 15) is 9.59 Å². The van der Waals surface area contributed by atoms with Crippen molar-refractivity contribution in [3.05, 3.63) is 87.3 Å². The topological polar surface area (TPSA) is 72.7 Å². The lowest BCUT2D eigenvalue weighted by molar-refractivity contribution is 0.102. The number of aryl methyl sites for hydroxylation is 1. The van der Waals surface area contributed by atoms with Crippen LogP contribution in [0, 0.1) is 6.92 Å². The zero-order chi connectivity index (χ0) is 21.1. The molecule has 6 nitrogen and oxygen atoms in total. The number of fused-ring (bicyclic) bond motifs is 1. The Morgan fingerprint density at radius 2 is 1.97 bits per heavy atom. The molecule has 0 aliphatic heterocycles. The van der Waals surface area contributed by atoms with Crippen LogP contribution in [0.1, 0.15) is 20.9 Å². The van der Waals surface area contributed by atoms with Crippen molar-refractivity contribution in [2.75, 3.05) is 12.4 Å². The number of aromatic nitrogens is 2. The molecule has 2 heterocycles. The van der Waals surface area contributed by atoms with Crippen LogP contribution in [0.5, 0.6) is 5.75 Å². The van der Waals surface area contributed by atoms with Gasteiger partial charge in [-0.05, 0) is 31.2 Å². The summed E-state index contributed by atoms with van der Waals surface area (Å²) in [6.45, 7) is 1.95. The van der Waals surface area contributed by atoms with Crippen LogP contribution in [-0.2, 0) is 5.75 Å². The predicted molar refractivity (Wildman–Crippen MR) is 121 cm³/mol. The fourth-order valence-corrected chi connectivity index (χ4v) is 4.75. The van der Waals surface area contributed by atoms with Crippen molar-refractivity contribution in [1.29, 1.82) is 0 Å². The van der Waals surface area contributed by atoms with E-state index in [1.165, 1.54) is 30.2 Å². The monoisotopic (exact) mass is 437 g/mol. The molecule has 2 aromatic heterocycles. The lowest BCUT2D eigenvalue weighted by Gasteiger charge is -2.12. The highest BCUT2D eigenvalue weighted by molar-refractivity contribution is 7.98. The average Bonchev–Trinajstić information content (AvgIpc) is 3.14. The molecule has 0 fully saturated rings. The van der Waals surface area contributed by atoms with Gasteiger partial charge in [0, 0.05) is 27.8 Å². The van der Waals surface area contributed by atoms with Gasteiger partial charge in [-0.25, -0.2) is 4.98 Å². The van der Waals surface area contributed by atoms with Gasteiger partial charge in [0.1, 0.15) is 5.75 Å². The Hall–Kier alpha value is -3.10. The second-order valence-electron chi connectivity index (χ2n) is 6.52. The number of rotatable bonds is 6. The highest BCUT2D eigenvalue weighted by Crippen LogP contribution is 2.30. The lowest BCUT2D eigenvalue weighted by Crippen LogP contribution is -2.14. The number of methoxy groups -OCH3 is 1. The van der Waals surface area contributed by atoms with E-state index in [-0.39, 0.29) is 11.5 Å². The highest BCUT2D eigenvalue weighted by Gasteiger charge is 2.14. The number of benzene rings is 2. The van der Waals surface area contributed by atoms with Crippen LogP contribution in [0.15, 0.2) is 70.5 Å². The van der Waals surface area contributed by atoms with Crippen molar-refractivity contribution in [3.8, 4) is 5.75 Å². The quantitative estimate of drug-likeness (QED) is 0.446. The van der Waals surface area contributed by atoms with Crippen LogP contribution < -0.4 is 15.6 Å². The van der Waals surface area contributed by atoms with Gasteiger partial charge in [-0.3, -0.25) is 14.0 Å². The van der Waals surface area contributed by atoms with E-state index in [0.717, 1.165) is 9.77 Å². The van der Waals surface area contributed by atoms with Gasteiger partial charge in [-0.1, -0.05) is 24.3 Å². The Morgan fingerprint density at radius 3 is 2.80 bits per heavy atom. The van der Waals surface area contributed by atoms with E-state index in [1.54, 1.807) is 34.9 Å². The molecule has 0 atom stereocenters. The van der Waals surface area contributed by atoms with Crippen LogP contribution >= 0.6 is 23.1 Å². The number of thioether (sulfide) groups is 1. The summed E-state index contributed by atoms with van der Waals surface area (Å²) in [5.41, 5.74) is 1.78. The first-order valence-corrected chi connectivity index (χ1v) is 11.0. The van der Waals surface area contributed by atoms with Crippen LogP contribution in [0.2, 0.25) is 0 Å². The maximum Gasteiger partial charge on any atom is 0.259 e. The summed E-state index contributed by atoms with van der Waals surface area (Å²) in [6.07, 6.45) is 1.80. The number of hydrogen-bond donors (Lipinski definition) is 1. The molecule has 0 aliphatic rings. The molecule has 0 bridgehead atoms. The number of hydrogen-bond acceptors (Lipinski definition) is 6. The summed E-state index contributed by atoms with van der Waals surface area (Å²) in [4.78, 5) is 32.3. The van der Waals surface area contributed by atoms with Crippen molar-refractivity contribution in [1.82, 2.24) is 9.38 Å². The Labute approximate surface area is 181 Å². The third-order valence-corrected chi connectivity index (χ3v) is 6.40. The highest BCUT2D eigenvalue weighted by atomic mass is 32.2. The van der Waals surface area contributed by atoms with Crippen molar-refractivity contribution in [3.63, 3.8) is 0 Å². The van der Waals surface area contributed by atoms with Gasteiger partial charge >= 0.3 is 0 Å². The molecule has 152 valence electrons. The largest absolute Gasteiger partial charge is 0.496 e. The fourth-order valence-electron chi connectivity index (χ4n) is 3.00. The first-order chi connectivity index (χ1) is 14.5. The van der Waals surface area contributed by atoms with Gasteiger partial charge in [-0.15, -0.1) is 23.1 Å². The van der Waals surface area contributed by atoms with Crippen molar-refractivity contribution >= 4 is 39.7 Å². The number of carbonyl (C=O) groups excluding carboxylic acids is 1. The molecule has 8 heteroatoms. The molecule has 0 spiro atoms. The number of carbonyl (C=O) groups is 1. The third kappa shape index (κ3) is 4.24. The van der Waals surface area contributed by atoms with Crippen LogP contribution in [0.4, 0.5) is 5.69 Å². The number of thiazole rings is 1. The molecular weight excluding hydrogens is 418 g/mol. The van der Waals surface area contributed by atoms with E-state index in [0.29, 0.717) is 33.4 Å². The first-order valence-electron chi connectivity index (χ1n) is 9.20. The zero-order valence-corrected chi connectivity index (χ0v) is 18.0. The standard InChI is InChI=1S/C22H19N3O3S2/c1-14-12-25-20(26)11-15(23-22(25)30-14)13-29-19-10-6-4-8-17(19)24-21(27)16-7-3-5-9-18(16)28-2/h3-12H,13H2,1-2H3,(H,24,27). The maximum atomic E-state index is 12.8. The molecule has 30 heavy (non-hydrogen) atoms. The second kappa shape index (κ2) is 8.73. The minimum absolute atomic E-state index is 0.0855. The van der Waals surface area contributed by atoms with Crippen LogP contribution in [-0.4, -0.2) is 22.4 Å². The second-order valence-corrected chi connectivity index (χ2v) is 8.75. The van der Waals surface area contributed by atoms with E-state index in [2.05, 4.69) is 10.3 Å². The summed E-state index contributed by atoms with van der Waals surface area (Å²) in [7, 11) is 1.54. The molecule has 2 aromatic carbocycles. The van der Waals surface area contributed by atoms with Gasteiger partial charge in [-0.2, -0.15) is 0 Å². The zero-order valence-electron chi connectivity index (χ0n) is 16.4. The normalized spacial score (nSPS) is 10.9. The maximum absolute atomic E-state index is 12.8. The van der Waals surface area contributed by atoms with Crippen molar-refractivity contribution < 1.29 is 9.53 Å². The summed E-state index contributed by atoms with van der Waals surface area (Å²) in [5, 5.41) is 2.96. The van der Waals surface area contributed by atoms with E-state index >= 15 is 0 Å². The Bertz CT molecular complexity index is 1280. The Morgan fingerprint density at radius 1 is 1.20 bits per heavy atom. The predicted octanol–water partition coefficient (Wildman–Crippen LogP) is 4.62. The van der Waals surface area contributed by atoms with Gasteiger partial charge in [0.15, 0.2) is 4.96 Å².